The number of hydrogen-bond acceptors (Lipinski definition) is 3. The summed E-state index contributed by atoms with van der Waals surface area (Å²) in [7, 11) is 0. The maximum Gasteiger partial charge on any atom is 0.239 e. The molecule has 1 amide bonds. The fourth-order valence-electron chi connectivity index (χ4n) is 2.47. The number of aryl methyl sites for hydroxylation is 1. The lowest BCUT2D eigenvalue weighted by Gasteiger charge is -2.27. The summed E-state index contributed by atoms with van der Waals surface area (Å²) in [5, 5.41) is 8.12. The molecular weight excluding hydrogens is 240 g/mol. The minimum absolute atomic E-state index is 0.166. The van der Waals surface area contributed by atoms with Crippen LogP contribution in [0, 0.1) is 5.41 Å². The minimum atomic E-state index is -0.348. The summed E-state index contributed by atoms with van der Waals surface area (Å²) in [5.41, 5.74) is 7.82. The van der Waals surface area contributed by atoms with Crippen molar-refractivity contribution in [1.29, 1.82) is 0 Å². The smallest absolute Gasteiger partial charge is 0.239 e. The van der Waals surface area contributed by atoms with E-state index < -0.39 is 0 Å². The van der Waals surface area contributed by atoms with Crippen LogP contribution in [0.25, 0.3) is 0 Å². The van der Waals surface area contributed by atoms with E-state index in [1.54, 1.807) is 4.68 Å². The van der Waals surface area contributed by atoms with Gasteiger partial charge in [0.2, 0.25) is 5.91 Å². The maximum absolute atomic E-state index is 11.0. The Labute approximate surface area is 114 Å². The Kier molecular flexibility index (Phi) is 3.94. The second-order valence-electron chi connectivity index (χ2n) is 6.59. The van der Waals surface area contributed by atoms with Gasteiger partial charge in [-0.25, -0.2) is 0 Å². The second-order valence-corrected chi connectivity index (χ2v) is 6.59. The summed E-state index contributed by atoms with van der Waals surface area (Å²) < 4.78 is 1.67. The average molecular weight is 264 g/mol. The Morgan fingerprint density at radius 3 is 2.95 bits per heavy atom. The van der Waals surface area contributed by atoms with E-state index in [0.29, 0.717) is 6.04 Å². The number of nitrogens with zero attached hydrogens (tertiary/aromatic N) is 2. The largest absolute Gasteiger partial charge is 0.368 e. The van der Waals surface area contributed by atoms with Crippen molar-refractivity contribution in [2.24, 2.45) is 11.1 Å². The van der Waals surface area contributed by atoms with Crippen LogP contribution in [-0.2, 0) is 17.8 Å². The monoisotopic (exact) mass is 264 g/mol. The van der Waals surface area contributed by atoms with Gasteiger partial charge in [-0.2, -0.15) is 5.10 Å². The van der Waals surface area contributed by atoms with Gasteiger partial charge in [-0.3, -0.25) is 9.48 Å². The molecule has 0 spiro atoms. The molecule has 1 atom stereocenters. The molecular formula is C14H24N4O. The number of fused-ring (bicyclic) bond motifs is 1. The number of amides is 1. The first-order valence-electron chi connectivity index (χ1n) is 6.93. The number of rotatable bonds is 4. The van der Waals surface area contributed by atoms with Crippen molar-refractivity contribution < 1.29 is 4.79 Å². The molecule has 0 bridgehead atoms. The van der Waals surface area contributed by atoms with Crippen LogP contribution in [0.5, 0.6) is 0 Å². The van der Waals surface area contributed by atoms with Gasteiger partial charge in [0.15, 0.2) is 0 Å². The van der Waals surface area contributed by atoms with Crippen LogP contribution in [0.3, 0.4) is 0 Å². The molecule has 0 aromatic carbocycles. The Bertz CT molecular complexity index is 459. The zero-order valence-corrected chi connectivity index (χ0v) is 12.1. The van der Waals surface area contributed by atoms with Crippen LogP contribution in [0.1, 0.15) is 50.9 Å². The molecule has 0 saturated heterocycles. The summed E-state index contributed by atoms with van der Waals surface area (Å²) in [6.45, 7) is 7.78. The highest BCUT2D eigenvalue weighted by Crippen LogP contribution is 2.29. The molecule has 0 aliphatic heterocycles. The Morgan fingerprint density at radius 2 is 2.32 bits per heavy atom. The molecule has 0 unspecified atom stereocenters. The topological polar surface area (TPSA) is 72.9 Å². The number of primary amides is 1. The predicted molar refractivity (Wildman–Crippen MR) is 74.6 cm³/mol. The van der Waals surface area contributed by atoms with E-state index in [2.05, 4.69) is 31.2 Å². The zero-order valence-electron chi connectivity index (χ0n) is 12.1. The molecule has 19 heavy (non-hydrogen) atoms. The molecule has 0 fully saturated rings. The summed E-state index contributed by atoms with van der Waals surface area (Å²) in [6.07, 6.45) is 5.28. The number of nitrogens with one attached hydrogen (secondary N) is 1. The van der Waals surface area contributed by atoms with E-state index in [4.69, 9.17) is 5.73 Å². The third-order valence-corrected chi connectivity index (χ3v) is 3.34. The quantitative estimate of drug-likeness (QED) is 0.863. The molecule has 1 aliphatic rings. The molecule has 2 rings (SSSR count). The van der Waals surface area contributed by atoms with Crippen molar-refractivity contribution in [3.05, 3.63) is 17.5 Å². The molecule has 5 nitrogen and oxygen atoms in total. The van der Waals surface area contributed by atoms with Crippen molar-refractivity contribution in [3.8, 4) is 0 Å². The predicted octanol–water partition coefficient (Wildman–Crippen LogP) is 1.38. The Morgan fingerprint density at radius 1 is 1.58 bits per heavy atom. The van der Waals surface area contributed by atoms with Gasteiger partial charge in [-0.1, -0.05) is 20.8 Å². The van der Waals surface area contributed by atoms with Gasteiger partial charge in [0.25, 0.3) is 0 Å². The van der Waals surface area contributed by atoms with Crippen LogP contribution in [0.2, 0.25) is 0 Å². The van der Waals surface area contributed by atoms with Crippen molar-refractivity contribution in [3.63, 3.8) is 0 Å². The minimum Gasteiger partial charge on any atom is -0.368 e. The summed E-state index contributed by atoms with van der Waals surface area (Å²) in [6, 6.07) is 0.303. The molecule has 1 aliphatic carbocycles. The summed E-state index contributed by atoms with van der Waals surface area (Å²) in [4.78, 5) is 11.0. The van der Waals surface area contributed by atoms with Gasteiger partial charge in [0, 0.05) is 12.7 Å². The molecule has 3 N–H and O–H groups in total. The van der Waals surface area contributed by atoms with Crippen LogP contribution in [-0.4, -0.2) is 22.2 Å². The van der Waals surface area contributed by atoms with Gasteiger partial charge in [0.05, 0.1) is 11.7 Å². The van der Waals surface area contributed by atoms with Crippen molar-refractivity contribution in [1.82, 2.24) is 15.1 Å². The van der Waals surface area contributed by atoms with E-state index in [1.807, 2.05) is 6.20 Å². The van der Waals surface area contributed by atoms with E-state index in [9.17, 15) is 4.79 Å². The third-order valence-electron chi connectivity index (χ3n) is 3.34. The van der Waals surface area contributed by atoms with Crippen molar-refractivity contribution in [2.75, 3.05) is 6.54 Å². The van der Waals surface area contributed by atoms with Gasteiger partial charge in [0.1, 0.15) is 6.54 Å². The van der Waals surface area contributed by atoms with Gasteiger partial charge < -0.3 is 11.1 Å². The first-order chi connectivity index (χ1) is 8.85. The molecule has 1 heterocycles. The molecule has 0 saturated carbocycles. The van der Waals surface area contributed by atoms with Crippen LogP contribution in [0.4, 0.5) is 0 Å². The molecule has 106 valence electrons. The van der Waals surface area contributed by atoms with Gasteiger partial charge in [-0.15, -0.1) is 0 Å². The molecule has 1 aromatic rings. The average Bonchev–Trinajstić information content (AvgIpc) is 2.66. The van der Waals surface area contributed by atoms with Crippen LogP contribution >= 0.6 is 0 Å². The lowest BCUT2D eigenvalue weighted by Crippen LogP contribution is -2.32. The highest BCUT2D eigenvalue weighted by atomic mass is 16.1. The first kappa shape index (κ1) is 14.1. The Balaban J connectivity index is 2.10. The second kappa shape index (κ2) is 5.33. The standard InChI is InChI=1S/C14H24N4O/c1-14(2,3)9-16-11-6-4-5-10-7-18(8-12(15)19)17-13(10)11/h7,11,16H,4-6,8-9H2,1-3H3,(H2,15,19)/t11-/m0/s1. The van der Waals surface area contributed by atoms with Crippen molar-refractivity contribution >= 4 is 5.91 Å². The maximum atomic E-state index is 11.0. The van der Waals surface area contributed by atoms with E-state index in [-0.39, 0.29) is 17.9 Å². The molecule has 5 heteroatoms. The fourth-order valence-corrected chi connectivity index (χ4v) is 2.47. The number of aromatic nitrogens is 2. The number of nitrogens with two attached hydrogens (primary N) is 1. The highest BCUT2D eigenvalue weighted by Gasteiger charge is 2.25. The van der Waals surface area contributed by atoms with Crippen LogP contribution in [0.15, 0.2) is 6.20 Å². The van der Waals surface area contributed by atoms with Gasteiger partial charge >= 0.3 is 0 Å². The van der Waals surface area contributed by atoms with Crippen LogP contribution < -0.4 is 11.1 Å². The number of carbonyl (C=O) groups excluding carboxylic acids is 1. The SMILES string of the molecule is CC(C)(C)CN[C@H]1CCCc2cn(CC(N)=O)nc21. The lowest BCUT2D eigenvalue weighted by atomic mass is 9.91. The zero-order chi connectivity index (χ0) is 14.0. The Hall–Kier alpha value is -1.36. The van der Waals surface area contributed by atoms with Gasteiger partial charge in [-0.05, 0) is 30.2 Å². The van der Waals surface area contributed by atoms with E-state index in [1.165, 1.54) is 5.56 Å². The normalized spacial score (nSPS) is 19.2. The number of hydrogen-bond donors (Lipinski definition) is 2. The first-order valence-corrected chi connectivity index (χ1v) is 6.93. The van der Waals surface area contributed by atoms with E-state index in [0.717, 1.165) is 31.5 Å². The van der Waals surface area contributed by atoms with Crippen molar-refractivity contribution in [2.45, 2.75) is 52.6 Å². The van der Waals surface area contributed by atoms with E-state index >= 15 is 0 Å². The molecule has 1 aromatic heterocycles. The summed E-state index contributed by atoms with van der Waals surface area (Å²) in [5.74, 6) is -0.348. The highest BCUT2D eigenvalue weighted by molar-refractivity contribution is 5.73. The molecule has 0 radical (unpaired) electrons. The third kappa shape index (κ3) is 3.80. The summed E-state index contributed by atoms with van der Waals surface area (Å²) >= 11 is 0. The lowest BCUT2D eigenvalue weighted by molar-refractivity contribution is -0.118. The fraction of sp³-hybridized carbons (Fsp3) is 0.714. The number of carbonyl (C=O) groups is 1.